The van der Waals surface area contributed by atoms with Gasteiger partial charge >= 0.3 is 0 Å². The maximum atomic E-state index is 12.5. The predicted molar refractivity (Wildman–Crippen MR) is 96.4 cm³/mol. The van der Waals surface area contributed by atoms with Gasteiger partial charge in [-0.25, -0.2) is 13.1 Å². The second-order valence-electron chi connectivity index (χ2n) is 5.57. The molecule has 2 rings (SSSR count). The van der Waals surface area contributed by atoms with Crippen LogP contribution >= 0.6 is 11.3 Å². The highest BCUT2D eigenvalue weighted by Crippen LogP contribution is 2.24. The molecule has 1 amide bonds. The summed E-state index contributed by atoms with van der Waals surface area (Å²) in [6, 6.07) is 10.9. The van der Waals surface area contributed by atoms with E-state index in [1.807, 2.05) is 31.2 Å². The molecule has 0 fully saturated rings. The van der Waals surface area contributed by atoms with E-state index in [0.717, 1.165) is 28.2 Å². The van der Waals surface area contributed by atoms with E-state index in [9.17, 15) is 13.2 Å². The fraction of sp³-hybridized carbons (Fsp3) is 0.353. The predicted octanol–water partition coefficient (Wildman–Crippen LogP) is 2.99. The van der Waals surface area contributed by atoms with Gasteiger partial charge in [0.05, 0.1) is 6.54 Å². The lowest BCUT2D eigenvalue weighted by Gasteiger charge is -2.14. The van der Waals surface area contributed by atoms with Crippen molar-refractivity contribution in [2.45, 2.75) is 44.0 Å². The van der Waals surface area contributed by atoms with E-state index in [1.165, 1.54) is 12.5 Å². The van der Waals surface area contributed by atoms with Crippen molar-refractivity contribution < 1.29 is 13.2 Å². The molecule has 0 radical (unpaired) electrons. The van der Waals surface area contributed by atoms with Crippen LogP contribution in [0.15, 0.2) is 40.6 Å². The minimum absolute atomic E-state index is 0.143. The molecule has 1 aromatic heterocycles. The molecule has 0 saturated heterocycles. The van der Waals surface area contributed by atoms with Gasteiger partial charge in [0.25, 0.3) is 10.0 Å². The summed E-state index contributed by atoms with van der Waals surface area (Å²) in [6.45, 7) is 5.67. The smallest absolute Gasteiger partial charge is 0.250 e. The zero-order valence-corrected chi connectivity index (χ0v) is 15.6. The third-order valence-corrected chi connectivity index (χ3v) is 6.75. The largest absolute Gasteiger partial charge is 0.351 e. The molecule has 0 saturated carbocycles. The number of sulfonamides is 1. The molecule has 1 atom stereocenters. The molecule has 0 aliphatic rings. The molecule has 5 nitrogen and oxygen atoms in total. The number of benzene rings is 1. The van der Waals surface area contributed by atoms with Gasteiger partial charge in [-0.1, -0.05) is 31.2 Å². The van der Waals surface area contributed by atoms with Gasteiger partial charge in [0.15, 0.2) is 0 Å². The number of aryl methyl sites for hydroxylation is 1. The van der Waals surface area contributed by atoms with Gasteiger partial charge in [0, 0.05) is 17.8 Å². The first-order valence-electron chi connectivity index (χ1n) is 7.76. The summed E-state index contributed by atoms with van der Waals surface area (Å²) in [7, 11) is -3.59. The van der Waals surface area contributed by atoms with Crippen molar-refractivity contribution in [2.75, 3.05) is 0 Å². The van der Waals surface area contributed by atoms with Crippen LogP contribution in [0, 0.1) is 0 Å². The Kier molecular flexibility index (Phi) is 6.15. The SMILES string of the molecule is CCc1ccc(C(C)NS(=O)(=O)c2ccc(CNC(C)=O)s2)cc1. The van der Waals surface area contributed by atoms with Gasteiger partial charge in [-0.15, -0.1) is 11.3 Å². The van der Waals surface area contributed by atoms with Crippen molar-refractivity contribution in [1.29, 1.82) is 0 Å². The van der Waals surface area contributed by atoms with Crippen LogP contribution in [-0.4, -0.2) is 14.3 Å². The molecule has 24 heavy (non-hydrogen) atoms. The Balaban J connectivity index is 2.08. The summed E-state index contributed by atoms with van der Waals surface area (Å²) in [5.74, 6) is -0.143. The van der Waals surface area contributed by atoms with E-state index in [-0.39, 0.29) is 16.2 Å². The second-order valence-corrected chi connectivity index (χ2v) is 8.68. The second kappa shape index (κ2) is 7.92. The van der Waals surface area contributed by atoms with E-state index in [1.54, 1.807) is 12.1 Å². The van der Waals surface area contributed by atoms with Crippen LogP contribution in [0.4, 0.5) is 0 Å². The molecule has 0 bridgehead atoms. The van der Waals surface area contributed by atoms with Gasteiger partial charge in [0.2, 0.25) is 5.91 Å². The molecule has 1 aromatic carbocycles. The molecule has 0 spiro atoms. The molecule has 130 valence electrons. The Morgan fingerprint density at radius 3 is 2.42 bits per heavy atom. The number of amides is 1. The molecular weight excluding hydrogens is 344 g/mol. The third-order valence-electron chi connectivity index (χ3n) is 3.63. The summed E-state index contributed by atoms with van der Waals surface area (Å²) in [6.07, 6.45) is 0.951. The lowest BCUT2D eigenvalue weighted by atomic mass is 10.1. The van der Waals surface area contributed by atoms with E-state index in [0.29, 0.717) is 6.54 Å². The van der Waals surface area contributed by atoms with Gasteiger partial charge in [-0.3, -0.25) is 4.79 Å². The summed E-state index contributed by atoms with van der Waals surface area (Å²) in [4.78, 5) is 11.7. The fourth-order valence-electron chi connectivity index (χ4n) is 2.21. The summed E-state index contributed by atoms with van der Waals surface area (Å²) < 4.78 is 28.0. The summed E-state index contributed by atoms with van der Waals surface area (Å²) in [5.41, 5.74) is 2.14. The molecule has 1 heterocycles. The topological polar surface area (TPSA) is 75.3 Å². The number of hydrogen-bond acceptors (Lipinski definition) is 4. The van der Waals surface area contributed by atoms with Crippen molar-refractivity contribution in [3.05, 3.63) is 52.4 Å². The molecule has 2 aromatic rings. The summed E-state index contributed by atoms with van der Waals surface area (Å²) in [5, 5.41) is 2.66. The van der Waals surface area contributed by atoms with Crippen LogP contribution in [-0.2, 0) is 27.8 Å². The van der Waals surface area contributed by atoms with Crippen LogP contribution in [0.3, 0.4) is 0 Å². The molecule has 2 N–H and O–H groups in total. The Labute approximate surface area is 147 Å². The minimum Gasteiger partial charge on any atom is -0.351 e. The quantitative estimate of drug-likeness (QED) is 0.791. The molecule has 7 heteroatoms. The highest BCUT2D eigenvalue weighted by Gasteiger charge is 2.20. The lowest BCUT2D eigenvalue weighted by molar-refractivity contribution is -0.119. The van der Waals surface area contributed by atoms with Crippen molar-refractivity contribution >= 4 is 27.3 Å². The number of thiophene rings is 1. The molecular formula is C17H22N2O3S2. The summed E-state index contributed by atoms with van der Waals surface area (Å²) >= 11 is 1.16. The first kappa shape index (κ1) is 18.6. The van der Waals surface area contributed by atoms with Crippen molar-refractivity contribution in [2.24, 2.45) is 0 Å². The number of carbonyl (C=O) groups is 1. The van der Waals surface area contributed by atoms with Gasteiger partial charge < -0.3 is 5.32 Å². The highest BCUT2D eigenvalue weighted by molar-refractivity contribution is 7.91. The van der Waals surface area contributed by atoms with E-state index in [2.05, 4.69) is 17.0 Å². The first-order chi connectivity index (χ1) is 11.3. The van der Waals surface area contributed by atoms with E-state index < -0.39 is 10.0 Å². The number of carbonyl (C=O) groups excluding carboxylic acids is 1. The molecule has 1 unspecified atom stereocenters. The standard InChI is InChI=1S/C17H22N2O3S2/c1-4-14-5-7-15(8-6-14)12(2)19-24(21,22)17-10-9-16(23-17)11-18-13(3)20/h5-10,12,19H,4,11H2,1-3H3,(H,18,20). The van der Waals surface area contributed by atoms with Gasteiger partial charge in [-0.05, 0) is 36.6 Å². The van der Waals surface area contributed by atoms with Crippen LogP contribution in [0.25, 0.3) is 0 Å². The monoisotopic (exact) mass is 366 g/mol. The lowest BCUT2D eigenvalue weighted by Crippen LogP contribution is -2.26. The normalized spacial score (nSPS) is 12.8. The average molecular weight is 367 g/mol. The van der Waals surface area contributed by atoms with Crippen molar-refractivity contribution in [1.82, 2.24) is 10.0 Å². The maximum Gasteiger partial charge on any atom is 0.250 e. The fourth-order valence-corrected chi connectivity index (χ4v) is 4.75. The third kappa shape index (κ3) is 4.90. The molecule has 0 aliphatic heterocycles. The van der Waals surface area contributed by atoms with E-state index in [4.69, 9.17) is 0 Å². The van der Waals surface area contributed by atoms with Crippen molar-refractivity contribution in [3.63, 3.8) is 0 Å². The van der Waals surface area contributed by atoms with E-state index >= 15 is 0 Å². The van der Waals surface area contributed by atoms with Crippen LogP contribution in [0.1, 0.15) is 42.8 Å². The zero-order chi connectivity index (χ0) is 17.7. The van der Waals surface area contributed by atoms with Crippen LogP contribution < -0.4 is 10.0 Å². The minimum atomic E-state index is -3.59. The Morgan fingerprint density at radius 1 is 1.17 bits per heavy atom. The Hall–Kier alpha value is -1.70. The number of hydrogen-bond donors (Lipinski definition) is 2. The zero-order valence-electron chi connectivity index (χ0n) is 14.0. The van der Waals surface area contributed by atoms with Crippen LogP contribution in [0.5, 0.6) is 0 Å². The van der Waals surface area contributed by atoms with Crippen molar-refractivity contribution in [3.8, 4) is 0 Å². The number of nitrogens with one attached hydrogen (secondary N) is 2. The first-order valence-corrected chi connectivity index (χ1v) is 10.1. The maximum absolute atomic E-state index is 12.5. The van der Waals surface area contributed by atoms with Crippen LogP contribution in [0.2, 0.25) is 0 Å². The Bertz CT molecular complexity index is 795. The van der Waals surface area contributed by atoms with Gasteiger partial charge in [-0.2, -0.15) is 0 Å². The number of rotatable bonds is 7. The van der Waals surface area contributed by atoms with Gasteiger partial charge in [0.1, 0.15) is 4.21 Å². The molecule has 0 aliphatic carbocycles. The Morgan fingerprint density at radius 2 is 1.83 bits per heavy atom. The highest BCUT2D eigenvalue weighted by atomic mass is 32.2. The average Bonchev–Trinajstić information content (AvgIpc) is 3.02.